The molecule has 0 bridgehead atoms. The summed E-state index contributed by atoms with van der Waals surface area (Å²) in [6.07, 6.45) is 0. The third-order valence-corrected chi connectivity index (χ3v) is 1.12. The Morgan fingerprint density at radius 3 is 2.42 bits per heavy atom. The van der Waals surface area contributed by atoms with E-state index in [1.165, 1.54) is 6.92 Å². The number of esters is 1. The summed E-state index contributed by atoms with van der Waals surface area (Å²) in [6, 6.07) is 0. The van der Waals surface area contributed by atoms with Gasteiger partial charge in [-0.25, -0.2) is 4.79 Å². The van der Waals surface area contributed by atoms with Gasteiger partial charge in [0.05, 0.1) is 6.61 Å². The lowest BCUT2D eigenvalue weighted by Crippen LogP contribution is -2.13. The topological polar surface area (TPSA) is 89.9 Å². The summed E-state index contributed by atoms with van der Waals surface area (Å²) in [4.78, 5) is 10.6. The van der Waals surface area contributed by atoms with Crippen molar-refractivity contribution in [3.63, 3.8) is 0 Å². The molecule has 7 heteroatoms. The zero-order chi connectivity index (χ0) is 9.78. The quantitative estimate of drug-likeness (QED) is 0.292. The van der Waals surface area contributed by atoms with E-state index in [1.54, 1.807) is 0 Å². The molecule has 0 aromatic carbocycles. The Morgan fingerprint density at radius 2 is 2.08 bits per heavy atom. The molecule has 6 nitrogen and oxygen atoms in total. The normalized spacial score (nSPS) is 10.5. The van der Waals surface area contributed by atoms with Crippen LogP contribution in [0.15, 0.2) is 12.3 Å². The van der Waals surface area contributed by atoms with Crippen LogP contribution in [0.3, 0.4) is 0 Å². The molecule has 0 spiro atoms. The van der Waals surface area contributed by atoms with Crippen LogP contribution in [0.1, 0.15) is 6.92 Å². The molecule has 1 N–H and O–H groups in total. The summed E-state index contributed by atoms with van der Waals surface area (Å²) in [7, 11) is -4.69. The molecular weight excluding hydrogens is 188 g/mol. The maximum Gasteiger partial charge on any atom is 0.446 e. The minimum atomic E-state index is -4.69. The van der Waals surface area contributed by atoms with Gasteiger partial charge in [0, 0.05) is 0 Å². The van der Waals surface area contributed by atoms with Gasteiger partial charge in [0.1, 0.15) is 0 Å². The molecule has 0 aliphatic heterocycles. The lowest BCUT2D eigenvalue weighted by molar-refractivity contribution is -0.141. The summed E-state index contributed by atoms with van der Waals surface area (Å²) in [5, 5.41) is 0. The minimum absolute atomic E-state index is 0.0622. The van der Waals surface area contributed by atoms with E-state index >= 15 is 0 Å². The zero-order valence-corrected chi connectivity index (χ0v) is 7.13. The predicted octanol–water partition coefficient (Wildman–Crippen LogP) is -0.117. The SMILES string of the molecule is C=C(OS(=O)(=O)O)C(=O)OCC. The fraction of sp³-hybridized carbons (Fsp3) is 0.400. The second-order valence-electron chi connectivity index (χ2n) is 1.65. The van der Waals surface area contributed by atoms with E-state index in [4.69, 9.17) is 4.55 Å². The Balaban J connectivity index is 4.15. The first kappa shape index (κ1) is 10.9. The average molecular weight is 196 g/mol. The molecule has 0 saturated carbocycles. The maximum absolute atomic E-state index is 10.6. The molecule has 0 saturated heterocycles. The molecule has 0 fully saturated rings. The smallest absolute Gasteiger partial charge is 0.446 e. The lowest BCUT2D eigenvalue weighted by Gasteiger charge is -2.03. The van der Waals surface area contributed by atoms with Gasteiger partial charge in [-0.15, -0.1) is 0 Å². The van der Waals surface area contributed by atoms with Crippen LogP contribution < -0.4 is 0 Å². The van der Waals surface area contributed by atoms with Gasteiger partial charge in [-0.05, 0) is 13.5 Å². The zero-order valence-electron chi connectivity index (χ0n) is 6.31. The summed E-state index contributed by atoms with van der Waals surface area (Å²) in [5.41, 5.74) is 0. The van der Waals surface area contributed by atoms with Crippen LogP contribution in [-0.2, 0) is 24.1 Å². The van der Waals surface area contributed by atoms with Crippen molar-refractivity contribution in [3.05, 3.63) is 12.3 Å². The molecular formula is C5H8O6S. The number of ether oxygens (including phenoxy) is 1. The van der Waals surface area contributed by atoms with Gasteiger partial charge in [-0.2, -0.15) is 8.42 Å². The fourth-order valence-corrected chi connectivity index (χ4v) is 0.695. The van der Waals surface area contributed by atoms with Crippen molar-refractivity contribution < 1.29 is 26.7 Å². The van der Waals surface area contributed by atoms with E-state index in [9.17, 15) is 13.2 Å². The largest absolute Gasteiger partial charge is 0.460 e. The molecule has 0 amide bonds. The molecule has 12 heavy (non-hydrogen) atoms. The van der Waals surface area contributed by atoms with Crippen molar-refractivity contribution in [2.24, 2.45) is 0 Å². The van der Waals surface area contributed by atoms with Crippen LogP contribution in [0.2, 0.25) is 0 Å². The van der Waals surface area contributed by atoms with Gasteiger partial charge >= 0.3 is 16.4 Å². The van der Waals surface area contributed by atoms with Gasteiger partial charge in [0.2, 0.25) is 5.76 Å². The molecule has 0 rings (SSSR count). The van der Waals surface area contributed by atoms with Crippen LogP contribution in [0.5, 0.6) is 0 Å². The fourth-order valence-electron chi connectivity index (χ4n) is 0.373. The highest BCUT2D eigenvalue weighted by molar-refractivity contribution is 7.81. The van der Waals surface area contributed by atoms with Crippen LogP contribution in [0, 0.1) is 0 Å². The van der Waals surface area contributed by atoms with Gasteiger partial charge in [0.25, 0.3) is 0 Å². The van der Waals surface area contributed by atoms with Gasteiger partial charge < -0.3 is 8.92 Å². The third-order valence-electron chi connectivity index (χ3n) is 0.709. The summed E-state index contributed by atoms with van der Waals surface area (Å²) in [6.45, 7) is 4.51. The highest BCUT2D eigenvalue weighted by Crippen LogP contribution is 2.01. The molecule has 0 unspecified atom stereocenters. The van der Waals surface area contributed by atoms with Gasteiger partial charge in [0.15, 0.2) is 0 Å². The van der Waals surface area contributed by atoms with E-state index in [1.807, 2.05) is 0 Å². The molecule has 0 radical (unpaired) electrons. The molecule has 70 valence electrons. The van der Waals surface area contributed by atoms with Crippen molar-refractivity contribution in [2.45, 2.75) is 6.92 Å². The summed E-state index contributed by atoms with van der Waals surface area (Å²) >= 11 is 0. The van der Waals surface area contributed by atoms with E-state index in [0.717, 1.165) is 0 Å². The van der Waals surface area contributed by atoms with Crippen molar-refractivity contribution in [1.82, 2.24) is 0 Å². The number of carbonyl (C=O) groups excluding carboxylic acids is 1. The molecule has 0 aromatic rings. The van der Waals surface area contributed by atoms with Gasteiger partial charge in [-0.1, -0.05) is 0 Å². The predicted molar refractivity (Wildman–Crippen MR) is 38.4 cm³/mol. The first-order valence-corrected chi connectivity index (χ1v) is 4.26. The summed E-state index contributed by atoms with van der Waals surface area (Å²) in [5.74, 6) is -1.81. The van der Waals surface area contributed by atoms with Crippen LogP contribution in [-0.4, -0.2) is 25.5 Å². The van der Waals surface area contributed by atoms with Crippen molar-refractivity contribution in [1.29, 1.82) is 0 Å². The standard InChI is InChI=1S/C5H8O6S/c1-3-10-5(6)4(2)11-12(7,8)9/h2-3H2,1H3,(H,7,8,9). The summed E-state index contributed by atoms with van der Waals surface area (Å²) < 4.78 is 36.1. The Morgan fingerprint density at radius 1 is 1.58 bits per heavy atom. The third kappa shape index (κ3) is 4.69. The van der Waals surface area contributed by atoms with Crippen molar-refractivity contribution >= 4 is 16.4 Å². The number of rotatable bonds is 4. The van der Waals surface area contributed by atoms with Crippen LogP contribution >= 0.6 is 0 Å². The second kappa shape index (κ2) is 4.07. The Labute approximate surface area is 69.7 Å². The molecule has 0 atom stereocenters. The minimum Gasteiger partial charge on any atom is -0.460 e. The van der Waals surface area contributed by atoms with Gasteiger partial charge in [-0.3, -0.25) is 4.55 Å². The lowest BCUT2D eigenvalue weighted by atomic mass is 10.6. The number of hydrogen-bond acceptors (Lipinski definition) is 5. The van der Waals surface area contributed by atoms with Crippen LogP contribution in [0.4, 0.5) is 0 Å². The highest BCUT2D eigenvalue weighted by Gasteiger charge is 2.15. The van der Waals surface area contributed by atoms with Crippen LogP contribution in [0.25, 0.3) is 0 Å². The molecule has 0 aromatic heterocycles. The number of carbonyl (C=O) groups is 1. The van der Waals surface area contributed by atoms with E-state index in [2.05, 4.69) is 15.5 Å². The molecule has 0 aliphatic rings. The maximum atomic E-state index is 10.6. The molecule has 0 heterocycles. The Kier molecular flexibility index (Phi) is 3.71. The highest BCUT2D eigenvalue weighted by atomic mass is 32.3. The van der Waals surface area contributed by atoms with E-state index in [-0.39, 0.29) is 6.61 Å². The average Bonchev–Trinajstić information content (AvgIpc) is 1.84. The van der Waals surface area contributed by atoms with E-state index in [0.29, 0.717) is 0 Å². The molecule has 0 aliphatic carbocycles. The first-order chi connectivity index (χ1) is 5.37. The Hall–Kier alpha value is -1.08. The Bertz CT molecular complexity index is 276. The monoisotopic (exact) mass is 196 g/mol. The van der Waals surface area contributed by atoms with Crippen molar-refractivity contribution in [2.75, 3.05) is 6.61 Å². The second-order valence-corrected chi connectivity index (χ2v) is 2.68. The van der Waals surface area contributed by atoms with E-state index < -0.39 is 22.1 Å². The first-order valence-electron chi connectivity index (χ1n) is 2.89. The number of hydrogen-bond donors (Lipinski definition) is 1. The van der Waals surface area contributed by atoms with Crippen molar-refractivity contribution in [3.8, 4) is 0 Å².